The summed E-state index contributed by atoms with van der Waals surface area (Å²) < 4.78 is 0. The number of hydrogen-bond acceptors (Lipinski definition) is 2. The zero-order valence-corrected chi connectivity index (χ0v) is 11.5. The molecule has 1 rings (SSSR count). The molecule has 0 aromatic heterocycles. The summed E-state index contributed by atoms with van der Waals surface area (Å²) in [5.74, 6) is 1.19. The molecule has 3 N–H and O–H groups in total. The number of rotatable bonds is 6. The molecule has 0 spiro atoms. The van der Waals surface area contributed by atoms with Crippen molar-refractivity contribution in [2.75, 3.05) is 13.1 Å². The Balaban J connectivity index is 2.52. The predicted octanol–water partition coefficient (Wildman–Crippen LogP) is 2.88. The molecule has 2 atom stereocenters. The lowest BCUT2D eigenvalue weighted by molar-refractivity contribution is 0.356. The molecule has 1 aromatic carbocycles. The van der Waals surface area contributed by atoms with Crippen molar-refractivity contribution in [1.82, 2.24) is 5.32 Å². The summed E-state index contributed by atoms with van der Waals surface area (Å²) in [4.78, 5) is 0. The molecule has 2 heteroatoms. The van der Waals surface area contributed by atoms with E-state index in [-0.39, 0.29) is 0 Å². The molecule has 0 saturated heterocycles. The third-order valence-corrected chi connectivity index (χ3v) is 3.47. The molecular formula is C15H26N2. The van der Waals surface area contributed by atoms with Gasteiger partial charge in [0.2, 0.25) is 0 Å². The minimum atomic E-state index is 0.391. The Morgan fingerprint density at radius 1 is 1.24 bits per heavy atom. The van der Waals surface area contributed by atoms with Gasteiger partial charge >= 0.3 is 0 Å². The molecule has 1 unspecified atom stereocenters. The van der Waals surface area contributed by atoms with Crippen LogP contribution in [0.5, 0.6) is 0 Å². The van der Waals surface area contributed by atoms with E-state index in [2.05, 4.69) is 57.3 Å². The summed E-state index contributed by atoms with van der Waals surface area (Å²) in [5, 5.41) is 3.58. The van der Waals surface area contributed by atoms with Crippen LogP contribution in [0.2, 0.25) is 0 Å². The molecule has 0 aliphatic carbocycles. The van der Waals surface area contributed by atoms with Crippen molar-refractivity contribution in [1.29, 1.82) is 0 Å². The molecule has 17 heavy (non-hydrogen) atoms. The van der Waals surface area contributed by atoms with Crippen molar-refractivity contribution < 1.29 is 0 Å². The Morgan fingerprint density at radius 2 is 1.94 bits per heavy atom. The van der Waals surface area contributed by atoms with Crippen molar-refractivity contribution in [3.8, 4) is 0 Å². The van der Waals surface area contributed by atoms with Crippen LogP contribution < -0.4 is 11.1 Å². The van der Waals surface area contributed by atoms with Crippen LogP contribution in [0.4, 0.5) is 0 Å². The number of aryl methyl sites for hydroxylation is 1. The second-order valence-electron chi connectivity index (χ2n) is 5.28. The second kappa shape index (κ2) is 6.77. The molecule has 0 bridgehead atoms. The first kappa shape index (κ1) is 14.2. The summed E-state index contributed by atoms with van der Waals surface area (Å²) >= 11 is 0. The van der Waals surface area contributed by atoms with Gasteiger partial charge < -0.3 is 11.1 Å². The lowest BCUT2D eigenvalue weighted by Gasteiger charge is -2.22. The van der Waals surface area contributed by atoms with Crippen LogP contribution >= 0.6 is 0 Å². The molecular weight excluding hydrogens is 208 g/mol. The molecule has 96 valence electrons. The fourth-order valence-electron chi connectivity index (χ4n) is 1.98. The van der Waals surface area contributed by atoms with E-state index >= 15 is 0 Å². The molecule has 0 aliphatic heterocycles. The molecule has 0 radical (unpaired) electrons. The summed E-state index contributed by atoms with van der Waals surface area (Å²) in [7, 11) is 0. The van der Waals surface area contributed by atoms with E-state index in [0.29, 0.717) is 17.9 Å². The van der Waals surface area contributed by atoms with Gasteiger partial charge in [-0.2, -0.15) is 0 Å². The zero-order valence-electron chi connectivity index (χ0n) is 11.5. The summed E-state index contributed by atoms with van der Waals surface area (Å²) in [6, 6.07) is 9.06. The monoisotopic (exact) mass is 234 g/mol. The van der Waals surface area contributed by atoms with Crippen molar-refractivity contribution in [2.24, 2.45) is 17.6 Å². The maximum atomic E-state index is 5.78. The van der Waals surface area contributed by atoms with Gasteiger partial charge in [0.1, 0.15) is 0 Å². The van der Waals surface area contributed by atoms with Crippen molar-refractivity contribution in [2.45, 2.75) is 33.7 Å². The van der Waals surface area contributed by atoms with Crippen LogP contribution in [0, 0.1) is 18.8 Å². The normalized spacial score (nSPS) is 14.9. The van der Waals surface area contributed by atoms with Crippen LogP contribution in [0.3, 0.4) is 0 Å². The van der Waals surface area contributed by atoms with Gasteiger partial charge in [0.15, 0.2) is 0 Å². The van der Waals surface area contributed by atoms with Crippen LogP contribution in [0.15, 0.2) is 24.3 Å². The van der Waals surface area contributed by atoms with E-state index in [0.717, 1.165) is 13.1 Å². The Kier molecular flexibility index (Phi) is 5.66. The van der Waals surface area contributed by atoms with Crippen LogP contribution in [-0.4, -0.2) is 13.1 Å². The smallest absolute Gasteiger partial charge is 0.0292 e. The third-order valence-electron chi connectivity index (χ3n) is 3.47. The van der Waals surface area contributed by atoms with Gasteiger partial charge in [-0.1, -0.05) is 43.7 Å². The first-order valence-corrected chi connectivity index (χ1v) is 6.54. The largest absolute Gasteiger partial charge is 0.330 e. The molecule has 1 aromatic rings. The minimum absolute atomic E-state index is 0.391. The topological polar surface area (TPSA) is 38.0 Å². The van der Waals surface area contributed by atoms with E-state index in [1.807, 2.05) is 0 Å². The van der Waals surface area contributed by atoms with Gasteiger partial charge in [0.05, 0.1) is 0 Å². The third kappa shape index (κ3) is 4.49. The van der Waals surface area contributed by atoms with E-state index in [1.54, 1.807) is 0 Å². The highest BCUT2D eigenvalue weighted by Gasteiger charge is 2.13. The van der Waals surface area contributed by atoms with Crippen molar-refractivity contribution in [3.05, 3.63) is 35.4 Å². The van der Waals surface area contributed by atoms with Gasteiger partial charge in [-0.15, -0.1) is 0 Å². The van der Waals surface area contributed by atoms with E-state index < -0.39 is 0 Å². The maximum Gasteiger partial charge on any atom is 0.0292 e. The van der Waals surface area contributed by atoms with Gasteiger partial charge in [-0.05, 0) is 44.3 Å². The Hall–Kier alpha value is -0.860. The highest BCUT2D eigenvalue weighted by atomic mass is 14.9. The Bertz CT molecular complexity index is 333. The van der Waals surface area contributed by atoms with Crippen molar-refractivity contribution >= 4 is 0 Å². The van der Waals surface area contributed by atoms with Crippen LogP contribution in [0.25, 0.3) is 0 Å². The summed E-state index contributed by atoms with van der Waals surface area (Å²) in [6.45, 7) is 10.6. The average molecular weight is 234 g/mol. The average Bonchev–Trinajstić information content (AvgIpc) is 2.29. The fourth-order valence-corrected chi connectivity index (χ4v) is 1.98. The van der Waals surface area contributed by atoms with E-state index in [4.69, 9.17) is 5.73 Å². The van der Waals surface area contributed by atoms with Gasteiger partial charge in [0.25, 0.3) is 0 Å². The lowest BCUT2D eigenvalue weighted by Crippen LogP contribution is -2.33. The second-order valence-corrected chi connectivity index (χ2v) is 5.28. The Labute approximate surface area is 106 Å². The number of nitrogens with two attached hydrogens (primary N) is 1. The van der Waals surface area contributed by atoms with E-state index in [1.165, 1.54) is 11.1 Å². The van der Waals surface area contributed by atoms with E-state index in [9.17, 15) is 0 Å². The highest BCUT2D eigenvalue weighted by Crippen LogP contribution is 2.15. The summed E-state index contributed by atoms with van der Waals surface area (Å²) in [6.07, 6.45) is 0. The molecule has 0 heterocycles. The fraction of sp³-hybridized carbons (Fsp3) is 0.600. The molecule has 0 fully saturated rings. The van der Waals surface area contributed by atoms with Crippen LogP contribution in [0.1, 0.15) is 37.9 Å². The lowest BCUT2D eigenvalue weighted by atomic mass is 9.95. The van der Waals surface area contributed by atoms with Crippen LogP contribution in [-0.2, 0) is 0 Å². The number of benzene rings is 1. The molecule has 0 amide bonds. The van der Waals surface area contributed by atoms with Gasteiger partial charge in [-0.25, -0.2) is 0 Å². The van der Waals surface area contributed by atoms with Gasteiger partial charge in [-0.3, -0.25) is 0 Å². The number of hydrogen-bond donors (Lipinski definition) is 2. The zero-order chi connectivity index (χ0) is 12.8. The van der Waals surface area contributed by atoms with Gasteiger partial charge in [0, 0.05) is 6.04 Å². The highest BCUT2D eigenvalue weighted by molar-refractivity contribution is 5.24. The Morgan fingerprint density at radius 3 is 2.47 bits per heavy atom. The summed E-state index contributed by atoms with van der Waals surface area (Å²) in [5.41, 5.74) is 8.45. The molecule has 2 nitrogen and oxygen atoms in total. The minimum Gasteiger partial charge on any atom is -0.330 e. The van der Waals surface area contributed by atoms with Crippen molar-refractivity contribution in [3.63, 3.8) is 0 Å². The first-order chi connectivity index (χ1) is 8.04. The maximum absolute atomic E-state index is 5.78. The molecule has 0 saturated carbocycles. The predicted molar refractivity (Wildman–Crippen MR) is 75.0 cm³/mol. The number of nitrogens with one attached hydrogen (secondary N) is 1. The first-order valence-electron chi connectivity index (χ1n) is 6.54. The quantitative estimate of drug-likeness (QED) is 0.794. The SMILES string of the molecule is Cc1cccc([C@@H](C)NCC(CN)C(C)C)c1. The molecule has 0 aliphatic rings. The standard InChI is InChI=1S/C15H26N2/c1-11(2)15(9-16)10-17-13(4)14-7-5-6-12(3)8-14/h5-8,11,13,15,17H,9-10,16H2,1-4H3/t13-,15?/m1/s1.